The highest BCUT2D eigenvalue weighted by Crippen LogP contribution is 2.32. The van der Waals surface area contributed by atoms with Crippen LogP contribution in [0.1, 0.15) is 57.8 Å². The third kappa shape index (κ3) is 3.33. The molecule has 1 heterocycles. The molecule has 1 aliphatic heterocycles. The van der Waals surface area contributed by atoms with Crippen molar-refractivity contribution in [3.8, 4) is 0 Å². The van der Waals surface area contributed by atoms with Crippen LogP contribution in [0, 0.1) is 5.92 Å². The van der Waals surface area contributed by atoms with Gasteiger partial charge in [0, 0.05) is 17.3 Å². The number of carbonyl (C=O) groups excluding carboxylic acids is 1. The maximum atomic E-state index is 12.4. The lowest BCUT2D eigenvalue weighted by molar-refractivity contribution is -0.125. The number of hydrogen-bond donors (Lipinski definition) is 2. The van der Waals surface area contributed by atoms with E-state index in [9.17, 15) is 4.79 Å². The van der Waals surface area contributed by atoms with Gasteiger partial charge in [0.25, 0.3) is 0 Å². The molecule has 0 bridgehead atoms. The molecule has 4 heteroatoms. The molecule has 0 aromatic rings. The van der Waals surface area contributed by atoms with Crippen LogP contribution < -0.4 is 10.6 Å². The molecule has 3 rings (SSSR count). The Morgan fingerprint density at radius 1 is 1.10 bits per heavy atom. The lowest BCUT2D eigenvalue weighted by atomic mass is 9.77. The molecule has 3 fully saturated rings. The van der Waals surface area contributed by atoms with Crippen molar-refractivity contribution >= 4 is 17.7 Å². The first-order valence-corrected chi connectivity index (χ1v) is 9.64. The van der Waals surface area contributed by atoms with Gasteiger partial charge in [0.2, 0.25) is 5.91 Å². The van der Waals surface area contributed by atoms with Crippen molar-refractivity contribution in [3.63, 3.8) is 0 Å². The molecule has 1 amide bonds. The summed E-state index contributed by atoms with van der Waals surface area (Å²) in [4.78, 5) is 12.4. The van der Waals surface area contributed by atoms with E-state index in [2.05, 4.69) is 16.9 Å². The predicted octanol–water partition coefficient (Wildman–Crippen LogP) is 2.70. The van der Waals surface area contributed by atoms with Gasteiger partial charge in [-0.15, -0.1) is 0 Å². The quantitative estimate of drug-likeness (QED) is 0.841. The van der Waals surface area contributed by atoms with E-state index in [4.69, 9.17) is 0 Å². The summed E-state index contributed by atoms with van der Waals surface area (Å²) in [6.45, 7) is 0. The monoisotopic (exact) mass is 296 g/mol. The standard InChI is InChI=1S/C16H28N2OS/c1-20-13-8-7-12(10-13)17-16(19)15-9-6-11-4-2-3-5-14(11)18-15/h11-15,18H,2-10H2,1H3,(H,17,19). The molecule has 5 unspecified atom stereocenters. The van der Waals surface area contributed by atoms with Crippen molar-refractivity contribution in [2.45, 2.75) is 81.2 Å². The third-order valence-electron chi connectivity index (χ3n) is 5.53. The van der Waals surface area contributed by atoms with Gasteiger partial charge in [-0.1, -0.05) is 12.8 Å². The molecule has 1 saturated heterocycles. The van der Waals surface area contributed by atoms with Crippen LogP contribution in [-0.4, -0.2) is 35.5 Å². The van der Waals surface area contributed by atoms with Crippen LogP contribution in [0.5, 0.6) is 0 Å². The Kier molecular flexibility index (Phi) is 4.92. The second-order valence-corrected chi connectivity index (χ2v) is 7.96. The van der Waals surface area contributed by atoms with Crippen LogP contribution in [0.3, 0.4) is 0 Å². The predicted molar refractivity (Wildman–Crippen MR) is 85.0 cm³/mol. The van der Waals surface area contributed by atoms with E-state index in [0.717, 1.165) is 30.4 Å². The van der Waals surface area contributed by atoms with E-state index < -0.39 is 0 Å². The molecule has 2 saturated carbocycles. The highest BCUT2D eigenvalue weighted by atomic mass is 32.2. The molecule has 20 heavy (non-hydrogen) atoms. The molecule has 0 aromatic heterocycles. The van der Waals surface area contributed by atoms with E-state index in [-0.39, 0.29) is 11.9 Å². The second-order valence-electron chi connectivity index (χ2n) is 6.82. The smallest absolute Gasteiger partial charge is 0.237 e. The van der Waals surface area contributed by atoms with Crippen molar-refractivity contribution in [3.05, 3.63) is 0 Å². The normalized spacial score (nSPS) is 41.1. The van der Waals surface area contributed by atoms with E-state index in [1.54, 1.807) is 0 Å². The Hall–Kier alpha value is -0.220. The van der Waals surface area contributed by atoms with E-state index in [0.29, 0.717) is 12.1 Å². The molecule has 114 valence electrons. The van der Waals surface area contributed by atoms with Gasteiger partial charge in [-0.05, 0) is 57.1 Å². The fraction of sp³-hybridized carbons (Fsp3) is 0.938. The maximum Gasteiger partial charge on any atom is 0.237 e. The van der Waals surface area contributed by atoms with Crippen LogP contribution >= 0.6 is 11.8 Å². The molecular weight excluding hydrogens is 268 g/mol. The summed E-state index contributed by atoms with van der Waals surface area (Å²) in [5.41, 5.74) is 0. The molecule has 5 atom stereocenters. The lowest BCUT2D eigenvalue weighted by Gasteiger charge is -2.40. The van der Waals surface area contributed by atoms with Gasteiger partial charge in [0.1, 0.15) is 0 Å². The number of amides is 1. The summed E-state index contributed by atoms with van der Waals surface area (Å²) in [5, 5.41) is 7.68. The van der Waals surface area contributed by atoms with Crippen LogP contribution in [0.4, 0.5) is 0 Å². The summed E-state index contributed by atoms with van der Waals surface area (Å²) in [7, 11) is 0. The summed E-state index contributed by atoms with van der Waals surface area (Å²) >= 11 is 1.95. The van der Waals surface area contributed by atoms with Crippen molar-refractivity contribution in [1.29, 1.82) is 0 Å². The van der Waals surface area contributed by atoms with Crippen molar-refractivity contribution in [2.75, 3.05) is 6.26 Å². The first-order valence-electron chi connectivity index (χ1n) is 8.35. The summed E-state index contributed by atoms with van der Waals surface area (Å²) in [6, 6.07) is 1.10. The largest absolute Gasteiger partial charge is 0.352 e. The molecular formula is C16H28N2OS. The zero-order valence-electron chi connectivity index (χ0n) is 12.6. The summed E-state index contributed by atoms with van der Waals surface area (Å²) in [6.07, 6.45) is 13.4. The molecule has 2 aliphatic carbocycles. The van der Waals surface area contributed by atoms with Crippen LogP contribution in [0.2, 0.25) is 0 Å². The van der Waals surface area contributed by atoms with Crippen LogP contribution in [0.25, 0.3) is 0 Å². The fourth-order valence-corrected chi connectivity index (χ4v) is 5.09. The molecule has 0 spiro atoms. The van der Waals surface area contributed by atoms with E-state index in [1.807, 2.05) is 11.8 Å². The minimum atomic E-state index is 0.0719. The molecule has 3 aliphatic rings. The zero-order valence-corrected chi connectivity index (χ0v) is 13.4. The highest BCUT2D eigenvalue weighted by Gasteiger charge is 2.35. The Morgan fingerprint density at radius 2 is 1.95 bits per heavy atom. The fourth-order valence-electron chi connectivity index (χ4n) is 4.29. The van der Waals surface area contributed by atoms with E-state index >= 15 is 0 Å². The van der Waals surface area contributed by atoms with Gasteiger partial charge in [-0.25, -0.2) is 0 Å². The topological polar surface area (TPSA) is 41.1 Å². The number of piperidine rings is 1. The summed E-state index contributed by atoms with van der Waals surface area (Å²) < 4.78 is 0. The van der Waals surface area contributed by atoms with E-state index in [1.165, 1.54) is 38.5 Å². The van der Waals surface area contributed by atoms with Crippen molar-refractivity contribution in [1.82, 2.24) is 10.6 Å². The first kappa shape index (κ1) is 14.7. The number of thioether (sulfide) groups is 1. The van der Waals surface area contributed by atoms with Gasteiger partial charge < -0.3 is 10.6 Å². The Bertz CT molecular complexity index is 349. The average molecular weight is 296 g/mol. The Morgan fingerprint density at radius 3 is 2.75 bits per heavy atom. The minimum absolute atomic E-state index is 0.0719. The summed E-state index contributed by atoms with van der Waals surface area (Å²) in [5.74, 6) is 1.10. The van der Waals surface area contributed by atoms with Gasteiger partial charge in [0.05, 0.1) is 6.04 Å². The average Bonchev–Trinajstić information content (AvgIpc) is 2.94. The lowest BCUT2D eigenvalue weighted by Crippen LogP contribution is -2.56. The van der Waals surface area contributed by atoms with Crippen LogP contribution in [0.15, 0.2) is 0 Å². The van der Waals surface area contributed by atoms with Gasteiger partial charge in [0.15, 0.2) is 0 Å². The number of hydrogen-bond acceptors (Lipinski definition) is 3. The third-order valence-corrected chi connectivity index (χ3v) is 6.63. The number of carbonyl (C=O) groups is 1. The molecule has 0 radical (unpaired) electrons. The SMILES string of the molecule is CSC1CCC(NC(=O)C2CCC3CCCCC3N2)C1. The van der Waals surface area contributed by atoms with Gasteiger partial charge in [-0.2, -0.15) is 11.8 Å². The second kappa shape index (κ2) is 6.69. The minimum Gasteiger partial charge on any atom is -0.352 e. The molecule has 2 N–H and O–H groups in total. The zero-order chi connectivity index (χ0) is 13.9. The Labute approximate surface area is 127 Å². The number of fused-ring (bicyclic) bond motifs is 1. The number of rotatable bonds is 3. The first-order chi connectivity index (χ1) is 9.76. The Balaban J connectivity index is 1.48. The number of nitrogens with one attached hydrogen (secondary N) is 2. The maximum absolute atomic E-state index is 12.4. The van der Waals surface area contributed by atoms with Crippen LogP contribution in [-0.2, 0) is 4.79 Å². The van der Waals surface area contributed by atoms with Gasteiger partial charge >= 0.3 is 0 Å². The van der Waals surface area contributed by atoms with Crippen molar-refractivity contribution in [2.24, 2.45) is 5.92 Å². The molecule has 3 nitrogen and oxygen atoms in total. The van der Waals surface area contributed by atoms with Gasteiger partial charge in [-0.3, -0.25) is 4.79 Å². The van der Waals surface area contributed by atoms with Crippen molar-refractivity contribution < 1.29 is 4.79 Å². The highest BCUT2D eigenvalue weighted by molar-refractivity contribution is 7.99. The molecule has 0 aromatic carbocycles.